The van der Waals surface area contributed by atoms with E-state index in [-0.39, 0.29) is 24.4 Å². The Morgan fingerprint density at radius 2 is 1.97 bits per heavy atom. The lowest BCUT2D eigenvalue weighted by atomic mass is 10.0. The van der Waals surface area contributed by atoms with Gasteiger partial charge in [0.05, 0.1) is 26.3 Å². The van der Waals surface area contributed by atoms with Crippen molar-refractivity contribution < 1.29 is 23.8 Å². The van der Waals surface area contributed by atoms with E-state index in [2.05, 4.69) is 11.4 Å². The van der Waals surface area contributed by atoms with Crippen molar-refractivity contribution in [2.45, 2.75) is 19.4 Å². The molecule has 2 aromatic rings. The Morgan fingerprint density at radius 3 is 2.67 bits per heavy atom. The number of nitrogens with zero attached hydrogens (tertiary/aromatic N) is 2. The molecule has 30 heavy (non-hydrogen) atoms. The predicted molar refractivity (Wildman–Crippen MR) is 115 cm³/mol. The Morgan fingerprint density at radius 1 is 1.20 bits per heavy atom. The van der Waals surface area contributed by atoms with Crippen LogP contribution in [-0.2, 0) is 20.7 Å². The summed E-state index contributed by atoms with van der Waals surface area (Å²) >= 11 is 1.70. The van der Waals surface area contributed by atoms with Crippen LogP contribution in [0.3, 0.4) is 0 Å². The zero-order chi connectivity index (χ0) is 21.5. The zero-order valence-corrected chi connectivity index (χ0v) is 18.4. The van der Waals surface area contributed by atoms with Crippen molar-refractivity contribution in [2.24, 2.45) is 0 Å². The van der Waals surface area contributed by atoms with E-state index in [0.29, 0.717) is 37.8 Å². The number of methoxy groups -OCH3 is 2. The van der Waals surface area contributed by atoms with E-state index >= 15 is 0 Å². The molecule has 7 nitrogen and oxygen atoms in total. The first kappa shape index (κ1) is 22.1. The molecule has 1 atom stereocenters. The number of ether oxygens (including phenoxy) is 3. The minimum Gasteiger partial charge on any atom is -0.493 e. The molecule has 8 heteroatoms. The molecule has 0 spiro atoms. The summed E-state index contributed by atoms with van der Waals surface area (Å²) in [5, 5.41) is 2.05. The molecule has 0 saturated heterocycles. The minimum absolute atomic E-state index is 0.0311. The average molecular weight is 433 g/mol. The van der Waals surface area contributed by atoms with Crippen LogP contribution in [0.15, 0.2) is 35.7 Å². The number of rotatable bonds is 9. The maximum atomic E-state index is 13.2. The fraction of sp³-hybridized carbons (Fsp3) is 0.455. The number of hydrogen-bond acceptors (Lipinski definition) is 6. The molecule has 0 bridgehead atoms. The number of benzene rings is 1. The van der Waals surface area contributed by atoms with Gasteiger partial charge >= 0.3 is 0 Å². The SMILES string of the molecule is COCCN(CC(=O)N1CCc2sccc2[C@@H]1COc1ccccc1OC)C(C)=O. The highest BCUT2D eigenvalue weighted by atomic mass is 32.1. The summed E-state index contributed by atoms with van der Waals surface area (Å²) in [5.74, 6) is 1.06. The summed E-state index contributed by atoms with van der Waals surface area (Å²) in [7, 11) is 3.18. The Hall–Kier alpha value is -2.58. The number of fused-ring (bicyclic) bond motifs is 1. The van der Waals surface area contributed by atoms with E-state index in [9.17, 15) is 9.59 Å². The zero-order valence-electron chi connectivity index (χ0n) is 17.6. The second-order valence-electron chi connectivity index (χ2n) is 7.05. The van der Waals surface area contributed by atoms with Gasteiger partial charge in [0.15, 0.2) is 11.5 Å². The lowest BCUT2D eigenvalue weighted by Gasteiger charge is -2.37. The molecule has 0 unspecified atom stereocenters. The van der Waals surface area contributed by atoms with Crippen LogP contribution >= 0.6 is 11.3 Å². The molecule has 2 heterocycles. The first-order chi connectivity index (χ1) is 14.5. The highest BCUT2D eigenvalue weighted by molar-refractivity contribution is 7.10. The van der Waals surface area contributed by atoms with Gasteiger partial charge in [-0.15, -0.1) is 11.3 Å². The van der Waals surface area contributed by atoms with Gasteiger partial charge in [0, 0.05) is 32.0 Å². The maximum absolute atomic E-state index is 13.2. The fourth-order valence-electron chi connectivity index (χ4n) is 3.58. The summed E-state index contributed by atoms with van der Waals surface area (Å²) in [4.78, 5) is 29.7. The van der Waals surface area contributed by atoms with Gasteiger partial charge in [-0.05, 0) is 35.6 Å². The Bertz CT molecular complexity index is 869. The first-order valence-electron chi connectivity index (χ1n) is 9.91. The molecule has 2 amide bonds. The highest BCUT2D eigenvalue weighted by Crippen LogP contribution is 2.35. The van der Waals surface area contributed by atoms with Crippen LogP contribution in [0, 0.1) is 0 Å². The molecule has 0 aliphatic carbocycles. The van der Waals surface area contributed by atoms with Crippen LogP contribution < -0.4 is 9.47 Å². The quantitative estimate of drug-likeness (QED) is 0.610. The average Bonchev–Trinajstić information content (AvgIpc) is 3.23. The number of amides is 2. The summed E-state index contributed by atoms with van der Waals surface area (Å²) in [6, 6.07) is 9.31. The predicted octanol–water partition coefficient (Wildman–Crippen LogP) is 2.76. The van der Waals surface area contributed by atoms with Crippen LogP contribution in [0.5, 0.6) is 11.5 Å². The van der Waals surface area contributed by atoms with Crippen molar-refractivity contribution in [3.05, 3.63) is 46.2 Å². The van der Waals surface area contributed by atoms with Gasteiger partial charge in [-0.25, -0.2) is 0 Å². The van der Waals surface area contributed by atoms with Crippen LogP contribution in [0.1, 0.15) is 23.4 Å². The van der Waals surface area contributed by atoms with Crippen LogP contribution in [0.4, 0.5) is 0 Å². The summed E-state index contributed by atoms with van der Waals surface area (Å²) < 4.78 is 16.5. The third kappa shape index (κ3) is 5.12. The molecule has 0 fully saturated rings. The number of carbonyl (C=O) groups is 2. The molecule has 162 valence electrons. The summed E-state index contributed by atoms with van der Waals surface area (Å²) in [6.07, 6.45) is 0.808. The molecule has 0 N–H and O–H groups in total. The van der Waals surface area contributed by atoms with E-state index in [1.54, 1.807) is 25.6 Å². The summed E-state index contributed by atoms with van der Waals surface area (Å²) in [5.41, 5.74) is 1.11. The largest absolute Gasteiger partial charge is 0.493 e. The molecule has 0 radical (unpaired) electrons. The van der Waals surface area contributed by atoms with Gasteiger partial charge < -0.3 is 24.0 Å². The molecule has 1 aromatic heterocycles. The normalized spacial score (nSPS) is 15.4. The minimum atomic E-state index is -0.214. The van der Waals surface area contributed by atoms with Crippen molar-refractivity contribution in [2.75, 3.05) is 47.1 Å². The van der Waals surface area contributed by atoms with E-state index in [1.807, 2.05) is 29.2 Å². The fourth-order valence-corrected chi connectivity index (χ4v) is 4.51. The third-order valence-electron chi connectivity index (χ3n) is 5.22. The molecule has 1 aromatic carbocycles. The van der Waals surface area contributed by atoms with Crippen LogP contribution in [0.2, 0.25) is 0 Å². The second-order valence-corrected chi connectivity index (χ2v) is 8.05. The molecule has 1 aliphatic rings. The van der Waals surface area contributed by atoms with Gasteiger partial charge in [-0.1, -0.05) is 12.1 Å². The molecule has 3 rings (SSSR count). The summed E-state index contributed by atoms with van der Waals surface area (Å²) in [6.45, 7) is 3.19. The van der Waals surface area contributed by atoms with E-state index < -0.39 is 0 Å². The van der Waals surface area contributed by atoms with Gasteiger partial charge in [-0.2, -0.15) is 0 Å². The van der Waals surface area contributed by atoms with Gasteiger partial charge in [-0.3, -0.25) is 9.59 Å². The van der Waals surface area contributed by atoms with E-state index in [0.717, 1.165) is 12.0 Å². The maximum Gasteiger partial charge on any atom is 0.242 e. The van der Waals surface area contributed by atoms with E-state index in [4.69, 9.17) is 14.2 Å². The van der Waals surface area contributed by atoms with Crippen molar-refractivity contribution in [3.63, 3.8) is 0 Å². The van der Waals surface area contributed by atoms with Crippen molar-refractivity contribution in [3.8, 4) is 11.5 Å². The van der Waals surface area contributed by atoms with Crippen LogP contribution in [0.25, 0.3) is 0 Å². The molecular weight excluding hydrogens is 404 g/mol. The molecule has 1 aliphatic heterocycles. The van der Waals surface area contributed by atoms with E-state index in [1.165, 1.54) is 16.7 Å². The highest BCUT2D eigenvalue weighted by Gasteiger charge is 2.33. The second kappa shape index (κ2) is 10.4. The number of thiophene rings is 1. The van der Waals surface area contributed by atoms with Crippen molar-refractivity contribution in [1.29, 1.82) is 0 Å². The molecule has 0 saturated carbocycles. The topological polar surface area (TPSA) is 68.3 Å². The molecular formula is C22H28N2O5S. The standard InChI is InChI=1S/C22H28N2O5S/c1-16(25)23(11-12-27-2)14-22(26)24-10-8-21-17(9-13-30-21)18(24)15-29-20-7-5-4-6-19(20)28-3/h4-7,9,13,18H,8,10-12,14-15H2,1-3H3/t18-/m0/s1. The number of carbonyl (C=O) groups excluding carboxylic acids is 2. The third-order valence-corrected chi connectivity index (χ3v) is 6.21. The van der Waals surface area contributed by atoms with Crippen LogP contribution in [-0.4, -0.2) is 68.7 Å². The van der Waals surface area contributed by atoms with Crippen molar-refractivity contribution >= 4 is 23.2 Å². The van der Waals surface area contributed by atoms with Crippen molar-refractivity contribution in [1.82, 2.24) is 9.80 Å². The lowest BCUT2D eigenvalue weighted by molar-refractivity contribution is -0.142. The Balaban J connectivity index is 1.77. The van der Waals surface area contributed by atoms with Gasteiger partial charge in [0.25, 0.3) is 0 Å². The monoisotopic (exact) mass is 432 g/mol. The van der Waals surface area contributed by atoms with Gasteiger partial charge in [0.2, 0.25) is 11.8 Å². The Labute approximate surface area is 181 Å². The smallest absolute Gasteiger partial charge is 0.242 e. The number of para-hydroxylation sites is 2. The van der Waals surface area contributed by atoms with Gasteiger partial charge in [0.1, 0.15) is 6.61 Å². The number of hydrogen-bond donors (Lipinski definition) is 0. The first-order valence-corrected chi connectivity index (χ1v) is 10.8. The Kier molecular flexibility index (Phi) is 7.70. The lowest BCUT2D eigenvalue weighted by Crippen LogP contribution is -2.48.